The predicted octanol–water partition coefficient (Wildman–Crippen LogP) is 0.986. The molecule has 15 heavy (non-hydrogen) atoms. The number of fused-ring (bicyclic) bond motifs is 1. The zero-order chi connectivity index (χ0) is 10.3. The Hall–Kier alpha value is -0.870. The minimum atomic E-state index is 0.387. The first-order valence-electron chi connectivity index (χ1n) is 5.35. The molecule has 1 saturated heterocycles. The van der Waals surface area contributed by atoms with Crippen LogP contribution in [0.25, 0.3) is 0 Å². The summed E-state index contributed by atoms with van der Waals surface area (Å²) in [5, 5.41) is 3.74. The molecule has 0 amide bonds. The van der Waals surface area contributed by atoms with Crippen molar-refractivity contribution in [3.63, 3.8) is 0 Å². The third-order valence-electron chi connectivity index (χ3n) is 3.04. The summed E-state index contributed by atoms with van der Waals surface area (Å²) >= 11 is 5.94. The molecule has 1 aromatic heterocycles. The van der Waals surface area contributed by atoms with Crippen molar-refractivity contribution >= 4 is 17.4 Å². The van der Waals surface area contributed by atoms with Crippen LogP contribution < -0.4 is 10.2 Å². The van der Waals surface area contributed by atoms with E-state index in [0.717, 1.165) is 44.1 Å². The second-order valence-electron chi connectivity index (χ2n) is 4.01. The molecule has 3 heterocycles. The lowest BCUT2D eigenvalue weighted by molar-refractivity contribution is 0.582. The molecular weight excluding hydrogens is 212 g/mol. The monoisotopic (exact) mass is 224 g/mol. The first-order chi connectivity index (χ1) is 7.34. The molecular formula is C10H13ClN4. The van der Waals surface area contributed by atoms with Gasteiger partial charge in [0.25, 0.3) is 0 Å². The van der Waals surface area contributed by atoms with E-state index in [4.69, 9.17) is 11.6 Å². The number of hydrogen-bond acceptors (Lipinski definition) is 4. The Morgan fingerprint density at radius 3 is 2.87 bits per heavy atom. The fourth-order valence-corrected chi connectivity index (χ4v) is 2.27. The van der Waals surface area contributed by atoms with Crippen molar-refractivity contribution in [2.24, 2.45) is 0 Å². The average molecular weight is 225 g/mol. The molecule has 0 aromatic carbocycles. The maximum Gasteiger partial charge on any atom is 0.224 e. The molecule has 4 nitrogen and oxygen atoms in total. The van der Waals surface area contributed by atoms with Crippen LogP contribution in [-0.4, -0.2) is 29.6 Å². The minimum absolute atomic E-state index is 0.387. The first-order valence-corrected chi connectivity index (χ1v) is 5.73. The molecule has 0 saturated carbocycles. The molecule has 0 radical (unpaired) electrons. The van der Waals surface area contributed by atoms with Gasteiger partial charge >= 0.3 is 0 Å². The lowest BCUT2D eigenvalue weighted by atomic mass is 10.1. The van der Waals surface area contributed by atoms with Gasteiger partial charge in [-0.3, -0.25) is 0 Å². The Kier molecular flexibility index (Phi) is 2.25. The molecule has 5 heteroatoms. The summed E-state index contributed by atoms with van der Waals surface area (Å²) in [5.74, 6) is 1.04. The molecule has 0 bridgehead atoms. The smallest absolute Gasteiger partial charge is 0.224 e. The second kappa shape index (κ2) is 3.61. The van der Waals surface area contributed by atoms with Gasteiger partial charge in [0.1, 0.15) is 5.82 Å². The summed E-state index contributed by atoms with van der Waals surface area (Å²) in [4.78, 5) is 10.9. The number of rotatable bonds is 1. The Labute approximate surface area is 93.7 Å². The predicted molar refractivity (Wildman–Crippen MR) is 59.3 cm³/mol. The van der Waals surface area contributed by atoms with Crippen molar-refractivity contribution < 1.29 is 0 Å². The molecule has 3 rings (SSSR count). The minimum Gasteiger partial charge on any atom is -0.356 e. The molecule has 0 atom stereocenters. The zero-order valence-electron chi connectivity index (χ0n) is 8.46. The van der Waals surface area contributed by atoms with Crippen molar-refractivity contribution in [2.45, 2.75) is 19.4 Å². The highest BCUT2D eigenvalue weighted by Gasteiger charge is 2.24. The van der Waals surface area contributed by atoms with Crippen LogP contribution in [0.5, 0.6) is 0 Å². The van der Waals surface area contributed by atoms with Crippen LogP contribution in [0, 0.1) is 0 Å². The third-order valence-corrected chi connectivity index (χ3v) is 3.21. The van der Waals surface area contributed by atoms with Gasteiger partial charge in [0.05, 0.1) is 5.69 Å². The van der Waals surface area contributed by atoms with Gasteiger partial charge < -0.3 is 10.2 Å². The lowest BCUT2D eigenvalue weighted by Gasteiger charge is -2.34. The molecule has 2 aliphatic rings. The van der Waals surface area contributed by atoms with Gasteiger partial charge in [-0.1, -0.05) is 0 Å². The molecule has 0 unspecified atom stereocenters. The van der Waals surface area contributed by atoms with Gasteiger partial charge in [0, 0.05) is 38.2 Å². The number of halogens is 1. The van der Waals surface area contributed by atoms with Crippen LogP contribution in [-0.2, 0) is 13.0 Å². The van der Waals surface area contributed by atoms with Crippen LogP contribution in [0.1, 0.15) is 17.7 Å². The summed E-state index contributed by atoms with van der Waals surface area (Å²) in [5.41, 5.74) is 2.36. The second-order valence-corrected chi connectivity index (χ2v) is 4.35. The number of nitrogens with zero attached hydrogens (tertiary/aromatic N) is 3. The van der Waals surface area contributed by atoms with Crippen molar-refractivity contribution in [1.82, 2.24) is 15.3 Å². The fraction of sp³-hybridized carbons (Fsp3) is 0.600. The number of aromatic nitrogens is 2. The topological polar surface area (TPSA) is 41.1 Å². The Bertz CT molecular complexity index is 389. The van der Waals surface area contributed by atoms with Gasteiger partial charge in [-0.05, 0) is 18.0 Å². The molecule has 0 spiro atoms. The molecule has 1 aromatic rings. The van der Waals surface area contributed by atoms with Crippen LogP contribution in [0.2, 0.25) is 5.28 Å². The highest BCUT2D eigenvalue weighted by atomic mass is 35.5. The van der Waals surface area contributed by atoms with Gasteiger partial charge in [-0.15, -0.1) is 0 Å². The summed E-state index contributed by atoms with van der Waals surface area (Å²) in [6.07, 6.45) is 2.21. The highest BCUT2D eigenvalue weighted by molar-refractivity contribution is 6.28. The Balaban J connectivity index is 2.06. The van der Waals surface area contributed by atoms with E-state index in [-0.39, 0.29) is 0 Å². The Morgan fingerprint density at radius 2 is 2.13 bits per heavy atom. The van der Waals surface area contributed by atoms with Gasteiger partial charge in [0.2, 0.25) is 5.28 Å². The number of nitrogens with one attached hydrogen (secondary N) is 1. The van der Waals surface area contributed by atoms with Crippen molar-refractivity contribution in [3.8, 4) is 0 Å². The van der Waals surface area contributed by atoms with Crippen LogP contribution in [0.4, 0.5) is 5.82 Å². The third kappa shape index (κ3) is 1.58. The van der Waals surface area contributed by atoms with Gasteiger partial charge in [-0.2, -0.15) is 0 Å². The van der Waals surface area contributed by atoms with E-state index in [1.807, 2.05) is 0 Å². The van der Waals surface area contributed by atoms with E-state index in [0.29, 0.717) is 5.28 Å². The standard InChI is InChI=1S/C10H13ClN4/c11-10-13-8-2-3-12-6-7(8)9(14-10)15-4-1-5-15/h12H,1-6H2. The normalized spacial score (nSPS) is 19.7. The van der Waals surface area contributed by atoms with E-state index >= 15 is 0 Å². The van der Waals surface area contributed by atoms with Crippen LogP contribution in [0.15, 0.2) is 0 Å². The maximum atomic E-state index is 5.94. The molecule has 1 N–H and O–H groups in total. The van der Waals surface area contributed by atoms with Crippen molar-refractivity contribution in [3.05, 3.63) is 16.5 Å². The van der Waals surface area contributed by atoms with E-state index in [2.05, 4.69) is 20.2 Å². The van der Waals surface area contributed by atoms with Gasteiger partial charge in [0.15, 0.2) is 0 Å². The summed E-state index contributed by atoms with van der Waals surface area (Å²) in [6, 6.07) is 0. The van der Waals surface area contributed by atoms with Crippen molar-refractivity contribution in [1.29, 1.82) is 0 Å². The average Bonchev–Trinajstić information content (AvgIpc) is 2.14. The molecule has 80 valence electrons. The SMILES string of the molecule is Clc1nc2c(c(N3CCC3)n1)CNCC2. The number of hydrogen-bond donors (Lipinski definition) is 1. The highest BCUT2D eigenvalue weighted by Crippen LogP contribution is 2.27. The summed E-state index contributed by atoms with van der Waals surface area (Å²) in [7, 11) is 0. The molecule has 0 aliphatic carbocycles. The summed E-state index contributed by atoms with van der Waals surface area (Å²) < 4.78 is 0. The van der Waals surface area contributed by atoms with Crippen molar-refractivity contribution in [2.75, 3.05) is 24.5 Å². The lowest BCUT2D eigenvalue weighted by Crippen LogP contribution is -2.40. The van der Waals surface area contributed by atoms with E-state index in [9.17, 15) is 0 Å². The zero-order valence-corrected chi connectivity index (χ0v) is 9.22. The quantitative estimate of drug-likeness (QED) is 0.723. The molecule has 2 aliphatic heterocycles. The largest absolute Gasteiger partial charge is 0.356 e. The van der Waals surface area contributed by atoms with E-state index in [1.54, 1.807) is 0 Å². The number of anilines is 1. The fourth-order valence-electron chi connectivity index (χ4n) is 2.09. The van der Waals surface area contributed by atoms with Crippen LogP contribution >= 0.6 is 11.6 Å². The first kappa shape index (κ1) is 9.36. The van der Waals surface area contributed by atoms with E-state index < -0.39 is 0 Å². The van der Waals surface area contributed by atoms with Gasteiger partial charge in [-0.25, -0.2) is 9.97 Å². The maximum absolute atomic E-state index is 5.94. The molecule has 1 fully saturated rings. The van der Waals surface area contributed by atoms with Crippen LogP contribution in [0.3, 0.4) is 0 Å². The Morgan fingerprint density at radius 1 is 1.27 bits per heavy atom. The van der Waals surface area contributed by atoms with E-state index in [1.165, 1.54) is 12.0 Å². The summed E-state index contributed by atoms with van der Waals surface area (Å²) in [6.45, 7) is 4.05.